The molecule has 1 amide bonds. The van der Waals surface area contributed by atoms with Crippen LogP contribution in [0.5, 0.6) is 5.75 Å². The molecule has 0 fully saturated rings. The molecule has 136 valence electrons. The van der Waals surface area contributed by atoms with Gasteiger partial charge in [-0.15, -0.1) is 0 Å². The molecule has 0 aromatic heterocycles. The van der Waals surface area contributed by atoms with E-state index in [0.717, 1.165) is 0 Å². The van der Waals surface area contributed by atoms with Gasteiger partial charge in [0.25, 0.3) is 5.91 Å². The number of ether oxygens (including phenoxy) is 1. The highest BCUT2D eigenvalue weighted by atomic mass is 79.9. The molecule has 4 nitrogen and oxygen atoms in total. The van der Waals surface area contributed by atoms with Gasteiger partial charge in [0.15, 0.2) is 12.4 Å². The van der Waals surface area contributed by atoms with Gasteiger partial charge in [-0.1, -0.05) is 46.3 Å². The average Bonchev–Trinajstić information content (AvgIpc) is 2.69. The van der Waals surface area contributed by atoms with E-state index in [1.165, 1.54) is 12.1 Å². The molecule has 0 heterocycles. The van der Waals surface area contributed by atoms with Gasteiger partial charge in [-0.3, -0.25) is 9.59 Å². The minimum Gasteiger partial charge on any atom is -0.484 e. The van der Waals surface area contributed by atoms with Crippen LogP contribution in [0.15, 0.2) is 77.3 Å². The predicted octanol–water partition coefficient (Wildman–Crippen LogP) is 4.84. The Morgan fingerprint density at radius 3 is 2.26 bits per heavy atom. The number of amides is 1. The summed E-state index contributed by atoms with van der Waals surface area (Å²) in [6.45, 7) is -0.276. The van der Waals surface area contributed by atoms with Gasteiger partial charge in [0.2, 0.25) is 0 Å². The van der Waals surface area contributed by atoms with Crippen molar-refractivity contribution in [3.05, 3.63) is 94.2 Å². The fourth-order valence-corrected chi connectivity index (χ4v) is 2.72. The quantitative estimate of drug-likeness (QED) is 0.572. The van der Waals surface area contributed by atoms with E-state index in [2.05, 4.69) is 21.2 Å². The van der Waals surface area contributed by atoms with E-state index >= 15 is 0 Å². The van der Waals surface area contributed by atoms with Gasteiger partial charge in [-0.05, 0) is 42.5 Å². The Hall–Kier alpha value is -2.99. The normalized spacial score (nSPS) is 10.3. The fraction of sp³-hybridized carbons (Fsp3) is 0.0476. The molecular weight excluding hydrogens is 413 g/mol. The van der Waals surface area contributed by atoms with E-state index < -0.39 is 11.7 Å². The number of rotatable bonds is 6. The van der Waals surface area contributed by atoms with Gasteiger partial charge in [0, 0.05) is 15.6 Å². The highest BCUT2D eigenvalue weighted by Crippen LogP contribution is 2.19. The predicted molar refractivity (Wildman–Crippen MR) is 105 cm³/mol. The van der Waals surface area contributed by atoms with Crippen molar-refractivity contribution < 1.29 is 18.7 Å². The van der Waals surface area contributed by atoms with Crippen molar-refractivity contribution >= 4 is 33.3 Å². The summed E-state index contributed by atoms with van der Waals surface area (Å²) in [5, 5.41) is 2.44. The number of halogens is 2. The lowest BCUT2D eigenvalue weighted by atomic mass is 10.0. The molecule has 0 saturated carbocycles. The van der Waals surface area contributed by atoms with Crippen LogP contribution in [0, 0.1) is 5.82 Å². The largest absolute Gasteiger partial charge is 0.484 e. The van der Waals surface area contributed by atoms with Crippen molar-refractivity contribution in [2.24, 2.45) is 0 Å². The summed E-state index contributed by atoms with van der Waals surface area (Å²) in [4.78, 5) is 24.3. The second kappa shape index (κ2) is 8.60. The number of nitrogens with one attached hydrogen (secondary N) is 1. The third kappa shape index (κ3) is 5.01. The van der Waals surface area contributed by atoms with Crippen molar-refractivity contribution in [2.75, 3.05) is 11.9 Å². The monoisotopic (exact) mass is 427 g/mol. The fourth-order valence-electron chi connectivity index (χ4n) is 2.38. The molecule has 0 unspecified atom stereocenters. The van der Waals surface area contributed by atoms with E-state index in [-0.39, 0.29) is 18.1 Å². The number of ketones is 1. The molecule has 0 aliphatic heterocycles. The molecule has 3 aromatic carbocycles. The van der Waals surface area contributed by atoms with Crippen molar-refractivity contribution in [3.8, 4) is 5.75 Å². The summed E-state index contributed by atoms with van der Waals surface area (Å²) in [6, 6.07) is 19.8. The average molecular weight is 428 g/mol. The molecule has 0 bridgehead atoms. The maximum atomic E-state index is 13.7. The van der Waals surface area contributed by atoms with Crippen LogP contribution in [-0.2, 0) is 4.79 Å². The molecular formula is C21H15BrFNO3. The first-order valence-corrected chi connectivity index (χ1v) is 8.90. The van der Waals surface area contributed by atoms with Crippen LogP contribution in [-0.4, -0.2) is 18.3 Å². The van der Waals surface area contributed by atoms with Crippen LogP contribution < -0.4 is 10.1 Å². The SMILES string of the molecule is O=C(COc1ccc(C(=O)c2ccccc2)cc1)Nc1ccc(Br)cc1F. The van der Waals surface area contributed by atoms with Gasteiger partial charge < -0.3 is 10.1 Å². The smallest absolute Gasteiger partial charge is 0.262 e. The van der Waals surface area contributed by atoms with Crippen LogP contribution in [0.3, 0.4) is 0 Å². The van der Waals surface area contributed by atoms with Gasteiger partial charge in [0.1, 0.15) is 11.6 Å². The van der Waals surface area contributed by atoms with Crippen molar-refractivity contribution in [1.29, 1.82) is 0 Å². The van der Waals surface area contributed by atoms with Crippen LogP contribution >= 0.6 is 15.9 Å². The van der Waals surface area contributed by atoms with E-state index in [9.17, 15) is 14.0 Å². The number of hydrogen-bond acceptors (Lipinski definition) is 3. The molecule has 27 heavy (non-hydrogen) atoms. The molecule has 0 saturated heterocycles. The van der Waals surface area contributed by atoms with E-state index in [4.69, 9.17) is 4.74 Å². The second-order valence-electron chi connectivity index (χ2n) is 5.68. The number of hydrogen-bond donors (Lipinski definition) is 1. The third-order valence-corrected chi connectivity index (χ3v) is 4.22. The van der Waals surface area contributed by atoms with E-state index in [1.54, 1.807) is 54.6 Å². The lowest BCUT2D eigenvalue weighted by Gasteiger charge is -2.09. The van der Waals surface area contributed by atoms with Gasteiger partial charge in [0.05, 0.1) is 5.69 Å². The number of carbonyl (C=O) groups is 2. The number of benzene rings is 3. The Morgan fingerprint density at radius 1 is 0.926 bits per heavy atom. The zero-order valence-electron chi connectivity index (χ0n) is 14.1. The summed E-state index contributed by atoms with van der Waals surface area (Å²) in [6.07, 6.45) is 0. The summed E-state index contributed by atoms with van der Waals surface area (Å²) in [5.41, 5.74) is 1.20. The molecule has 3 aromatic rings. The molecule has 0 radical (unpaired) electrons. The van der Waals surface area contributed by atoms with Gasteiger partial charge >= 0.3 is 0 Å². The summed E-state index contributed by atoms with van der Waals surface area (Å²) < 4.78 is 19.7. The first-order valence-electron chi connectivity index (χ1n) is 8.10. The third-order valence-electron chi connectivity index (χ3n) is 3.73. The molecule has 3 rings (SSSR count). The lowest BCUT2D eigenvalue weighted by molar-refractivity contribution is -0.118. The number of carbonyl (C=O) groups excluding carboxylic acids is 2. The Morgan fingerprint density at radius 2 is 1.59 bits per heavy atom. The van der Waals surface area contributed by atoms with Crippen molar-refractivity contribution in [3.63, 3.8) is 0 Å². The minimum atomic E-state index is -0.540. The molecule has 0 aliphatic rings. The maximum absolute atomic E-state index is 13.7. The van der Waals surface area contributed by atoms with Gasteiger partial charge in [-0.2, -0.15) is 0 Å². The van der Waals surface area contributed by atoms with Crippen LogP contribution in [0.4, 0.5) is 10.1 Å². The first-order chi connectivity index (χ1) is 13.0. The van der Waals surface area contributed by atoms with Crippen LogP contribution in [0.2, 0.25) is 0 Å². The number of anilines is 1. The zero-order valence-corrected chi connectivity index (χ0v) is 15.7. The second-order valence-corrected chi connectivity index (χ2v) is 6.60. The molecule has 6 heteroatoms. The van der Waals surface area contributed by atoms with E-state index in [0.29, 0.717) is 21.3 Å². The molecule has 0 atom stereocenters. The standard InChI is InChI=1S/C21H15BrFNO3/c22-16-8-11-19(18(23)12-16)24-20(25)13-27-17-9-6-15(7-10-17)21(26)14-4-2-1-3-5-14/h1-12H,13H2,(H,24,25). The molecule has 0 spiro atoms. The van der Waals surface area contributed by atoms with E-state index in [1.807, 2.05) is 6.07 Å². The zero-order chi connectivity index (χ0) is 19.2. The Labute approximate surface area is 164 Å². The molecule has 1 N–H and O–H groups in total. The van der Waals surface area contributed by atoms with Crippen LogP contribution in [0.25, 0.3) is 0 Å². The summed E-state index contributed by atoms with van der Waals surface area (Å²) in [5.74, 6) is -0.682. The highest BCUT2D eigenvalue weighted by molar-refractivity contribution is 9.10. The topological polar surface area (TPSA) is 55.4 Å². The summed E-state index contributed by atoms with van der Waals surface area (Å²) >= 11 is 3.15. The lowest BCUT2D eigenvalue weighted by Crippen LogP contribution is -2.20. The van der Waals surface area contributed by atoms with Crippen molar-refractivity contribution in [1.82, 2.24) is 0 Å². The summed E-state index contributed by atoms with van der Waals surface area (Å²) in [7, 11) is 0. The maximum Gasteiger partial charge on any atom is 0.262 e. The van der Waals surface area contributed by atoms with Crippen molar-refractivity contribution in [2.45, 2.75) is 0 Å². The Balaban J connectivity index is 1.57. The first kappa shape index (κ1) is 18.8. The Bertz CT molecular complexity index is 959. The minimum absolute atomic E-state index is 0.0793. The molecule has 0 aliphatic carbocycles. The van der Waals surface area contributed by atoms with Gasteiger partial charge in [-0.25, -0.2) is 4.39 Å². The Kier molecular flexibility index (Phi) is 5.98. The highest BCUT2D eigenvalue weighted by Gasteiger charge is 2.10. The van der Waals surface area contributed by atoms with Crippen LogP contribution in [0.1, 0.15) is 15.9 Å².